The molecule has 7 heteroatoms. The molecule has 3 atom stereocenters. The number of carbonyl (C=O) groups excluding carboxylic acids is 1. The Morgan fingerprint density at radius 1 is 1.23 bits per heavy atom. The van der Waals surface area contributed by atoms with Gasteiger partial charge in [0.15, 0.2) is 6.10 Å². The molecule has 118 valence electrons. The number of ether oxygens (including phenoxy) is 1. The summed E-state index contributed by atoms with van der Waals surface area (Å²) in [5.41, 5.74) is 0.957. The Morgan fingerprint density at radius 3 is 2.55 bits per heavy atom. The topological polar surface area (TPSA) is 66.8 Å². The van der Waals surface area contributed by atoms with E-state index in [-0.39, 0.29) is 30.9 Å². The van der Waals surface area contributed by atoms with Gasteiger partial charge >= 0.3 is 5.97 Å². The van der Waals surface area contributed by atoms with Gasteiger partial charge in [-0.15, -0.1) is 0 Å². The van der Waals surface area contributed by atoms with E-state index in [9.17, 15) is 9.59 Å². The fourth-order valence-electron chi connectivity index (χ4n) is 2.86. The predicted octanol–water partition coefficient (Wildman–Crippen LogP) is 2.41. The average molecular weight is 344 g/mol. The zero-order chi connectivity index (χ0) is 15.9. The molecule has 5 nitrogen and oxygen atoms in total. The highest BCUT2D eigenvalue weighted by molar-refractivity contribution is 6.34. The molecule has 1 aromatic rings. The monoisotopic (exact) mass is 343 g/mol. The van der Waals surface area contributed by atoms with E-state index < -0.39 is 12.1 Å². The normalized spacial score (nSPS) is 27.5. The molecular weight excluding hydrogens is 329 g/mol. The average Bonchev–Trinajstić information content (AvgIpc) is 3.26. The second-order valence-corrected chi connectivity index (χ2v) is 6.51. The number of benzene rings is 1. The largest absolute Gasteiger partial charge is 0.479 e. The fraction of sp³-hybridized carbons (Fsp3) is 0.467. The van der Waals surface area contributed by atoms with Gasteiger partial charge in [0.25, 0.3) is 0 Å². The van der Waals surface area contributed by atoms with Gasteiger partial charge in [-0.3, -0.25) is 4.79 Å². The molecule has 1 aliphatic carbocycles. The Balaban J connectivity index is 1.66. The van der Waals surface area contributed by atoms with Crippen molar-refractivity contribution >= 4 is 35.1 Å². The summed E-state index contributed by atoms with van der Waals surface area (Å²) in [4.78, 5) is 25.1. The number of morpholine rings is 1. The molecule has 0 unspecified atom stereocenters. The van der Waals surface area contributed by atoms with Crippen molar-refractivity contribution in [3.8, 4) is 0 Å². The third-order valence-corrected chi connectivity index (χ3v) is 4.51. The van der Waals surface area contributed by atoms with Crippen LogP contribution in [0.3, 0.4) is 0 Å². The van der Waals surface area contributed by atoms with Crippen LogP contribution < -0.4 is 0 Å². The summed E-state index contributed by atoms with van der Waals surface area (Å²) < 4.78 is 5.13. The third kappa shape index (κ3) is 3.21. The highest BCUT2D eigenvalue weighted by Gasteiger charge is 2.47. The number of carboxylic acids is 1. The van der Waals surface area contributed by atoms with Crippen molar-refractivity contribution in [2.75, 3.05) is 19.7 Å². The van der Waals surface area contributed by atoms with Crippen LogP contribution in [0, 0.1) is 5.92 Å². The van der Waals surface area contributed by atoms with Gasteiger partial charge in [-0.1, -0.05) is 23.2 Å². The summed E-state index contributed by atoms with van der Waals surface area (Å²) in [6, 6.07) is 5.31. The molecule has 1 heterocycles. The molecule has 1 amide bonds. The first kappa shape index (κ1) is 15.6. The zero-order valence-corrected chi connectivity index (χ0v) is 13.2. The van der Waals surface area contributed by atoms with Crippen LogP contribution in [0.5, 0.6) is 0 Å². The van der Waals surface area contributed by atoms with E-state index in [2.05, 4.69) is 0 Å². The molecule has 3 rings (SSSR count). The van der Waals surface area contributed by atoms with Crippen LogP contribution in [0.25, 0.3) is 0 Å². The van der Waals surface area contributed by atoms with Crippen LogP contribution in [-0.2, 0) is 14.3 Å². The first-order chi connectivity index (χ1) is 10.5. The molecule has 1 aliphatic heterocycles. The SMILES string of the molecule is O=C(O)[C@@H]1CN(C(=O)[C@@H]2C[C@H]2c2cc(Cl)cc(Cl)c2)CCO1. The Labute approximate surface area is 137 Å². The van der Waals surface area contributed by atoms with E-state index in [0.29, 0.717) is 16.6 Å². The number of aliphatic carboxylic acids is 1. The van der Waals surface area contributed by atoms with E-state index >= 15 is 0 Å². The van der Waals surface area contributed by atoms with Crippen molar-refractivity contribution in [2.24, 2.45) is 5.92 Å². The van der Waals surface area contributed by atoms with Crippen LogP contribution in [0.4, 0.5) is 0 Å². The minimum atomic E-state index is -1.04. The van der Waals surface area contributed by atoms with Gasteiger partial charge in [0.05, 0.1) is 13.2 Å². The van der Waals surface area contributed by atoms with Crippen molar-refractivity contribution in [3.05, 3.63) is 33.8 Å². The summed E-state index contributed by atoms with van der Waals surface area (Å²) in [7, 11) is 0. The van der Waals surface area contributed by atoms with Crippen molar-refractivity contribution in [2.45, 2.75) is 18.4 Å². The molecular formula is C15H15Cl2NO4. The van der Waals surface area contributed by atoms with E-state index in [1.165, 1.54) is 0 Å². The molecule has 0 spiro atoms. The van der Waals surface area contributed by atoms with Crippen LogP contribution in [0.1, 0.15) is 17.9 Å². The first-order valence-electron chi connectivity index (χ1n) is 7.05. The summed E-state index contributed by atoms with van der Waals surface area (Å²) >= 11 is 12.0. The predicted molar refractivity (Wildman–Crippen MR) is 81.3 cm³/mol. The summed E-state index contributed by atoms with van der Waals surface area (Å²) in [5, 5.41) is 10.1. The van der Waals surface area contributed by atoms with Gasteiger partial charge in [0.2, 0.25) is 5.91 Å². The summed E-state index contributed by atoms with van der Waals surface area (Å²) in [6.07, 6.45) is -0.194. The van der Waals surface area contributed by atoms with E-state index in [0.717, 1.165) is 12.0 Å². The van der Waals surface area contributed by atoms with Crippen molar-refractivity contribution in [1.29, 1.82) is 0 Å². The number of halogens is 2. The maximum absolute atomic E-state index is 12.5. The van der Waals surface area contributed by atoms with Gasteiger partial charge in [0.1, 0.15) is 0 Å². The third-order valence-electron chi connectivity index (χ3n) is 4.07. The molecule has 0 bridgehead atoms. The molecule has 1 N–H and O–H groups in total. The number of carboxylic acid groups (broad SMARTS) is 1. The van der Waals surface area contributed by atoms with Crippen LogP contribution in [-0.4, -0.2) is 47.7 Å². The lowest BCUT2D eigenvalue weighted by Crippen LogP contribution is -2.49. The molecule has 1 saturated carbocycles. The molecule has 1 aromatic carbocycles. The quantitative estimate of drug-likeness (QED) is 0.915. The highest BCUT2D eigenvalue weighted by atomic mass is 35.5. The van der Waals surface area contributed by atoms with Crippen LogP contribution in [0.15, 0.2) is 18.2 Å². The Kier molecular flexibility index (Phi) is 4.30. The minimum absolute atomic E-state index is 0.0179. The number of hydrogen-bond donors (Lipinski definition) is 1. The van der Waals surface area contributed by atoms with E-state index in [1.54, 1.807) is 11.0 Å². The number of carbonyl (C=O) groups is 2. The highest BCUT2D eigenvalue weighted by Crippen LogP contribution is 2.49. The molecule has 0 radical (unpaired) electrons. The first-order valence-corrected chi connectivity index (χ1v) is 7.80. The lowest BCUT2D eigenvalue weighted by atomic mass is 10.1. The van der Waals surface area contributed by atoms with E-state index in [1.807, 2.05) is 12.1 Å². The second-order valence-electron chi connectivity index (χ2n) is 5.63. The molecule has 2 fully saturated rings. The molecule has 0 aromatic heterocycles. The van der Waals surface area contributed by atoms with Crippen LogP contribution in [0.2, 0.25) is 10.0 Å². The molecule has 22 heavy (non-hydrogen) atoms. The smallest absolute Gasteiger partial charge is 0.334 e. The Hall–Kier alpha value is -1.30. The van der Waals surface area contributed by atoms with Crippen molar-refractivity contribution in [3.63, 3.8) is 0 Å². The van der Waals surface area contributed by atoms with Crippen molar-refractivity contribution < 1.29 is 19.4 Å². The van der Waals surface area contributed by atoms with Gasteiger partial charge in [-0.2, -0.15) is 0 Å². The lowest BCUT2D eigenvalue weighted by molar-refractivity contribution is -0.159. The molecule has 2 aliphatic rings. The fourth-order valence-corrected chi connectivity index (χ4v) is 3.40. The maximum atomic E-state index is 12.5. The number of rotatable bonds is 3. The summed E-state index contributed by atoms with van der Waals surface area (Å²) in [6.45, 7) is 0.791. The maximum Gasteiger partial charge on any atom is 0.334 e. The van der Waals surface area contributed by atoms with Crippen LogP contribution >= 0.6 is 23.2 Å². The summed E-state index contributed by atoms with van der Waals surface area (Å²) in [5.74, 6) is -1.07. The number of hydrogen-bond acceptors (Lipinski definition) is 3. The number of nitrogens with zero attached hydrogens (tertiary/aromatic N) is 1. The standard InChI is InChI=1S/C15H15Cl2NO4/c16-9-3-8(4-10(17)5-9)11-6-12(11)14(19)18-1-2-22-13(7-18)15(20)21/h3-5,11-13H,1-2,6-7H2,(H,20,21)/t11-,12+,13-/m0/s1. The minimum Gasteiger partial charge on any atom is -0.479 e. The number of amides is 1. The van der Waals surface area contributed by atoms with Gasteiger partial charge in [-0.05, 0) is 36.1 Å². The van der Waals surface area contributed by atoms with Gasteiger partial charge < -0.3 is 14.7 Å². The zero-order valence-electron chi connectivity index (χ0n) is 11.7. The Bertz CT molecular complexity index is 601. The molecule has 1 saturated heterocycles. The van der Waals surface area contributed by atoms with Crippen molar-refractivity contribution in [1.82, 2.24) is 4.90 Å². The Morgan fingerprint density at radius 2 is 1.91 bits per heavy atom. The second kappa shape index (κ2) is 6.07. The lowest BCUT2D eigenvalue weighted by Gasteiger charge is -2.31. The van der Waals surface area contributed by atoms with Gasteiger partial charge in [-0.25, -0.2) is 4.79 Å². The van der Waals surface area contributed by atoms with Gasteiger partial charge in [0, 0.05) is 22.5 Å². The van der Waals surface area contributed by atoms with E-state index in [4.69, 9.17) is 33.0 Å².